The molecule has 2 N–H and O–H groups in total. The van der Waals surface area contributed by atoms with Crippen molar-refractivity contribution in [2.24, 2.45) is 0 Å². The quantitative estimate of drug-likeness (QED) is 0.828. The number of carbonyl (C=O) groups is 2. The van der Waals surface area contributed by atoms with Crippen LogP contribution in [0.3, 0.4) is 0 Å². The van der Waals surface area contributed by atoms with Crippen molar-refractivity contribution in [3.8, 4) is 0 Å². The summed E-state index contributed by atoms with van der Waals surface area (Å²) in [6, 6.07) is 6.96. The van der Waals surface area contributed by atoms with E-state index >= 15 is 0 Å². The minimum Gasteiger partial charge on any atom is -0.481 e. The van der Waals surface area contributed by atoms with Crippen LogP contribution >= 0.6 is 22.6 Å². The number of hydrogen-bond acceptors (Lipinski definition) is 2. The van der Waals surface area contributed by atoms with Gasteiger partial charge in [-0.05, 0) is 40.3 Å². The van der Waals surface area contributed by atoms with Crippen molar-refractivity contribution < 1.29 is 14.7 Å². The molecule has 1 aromatic carbocycles. The SMILES string of the molecule is CC(=O)NC(CC(=O)O)c1cccc(I)c1. The summed E-state index contributed by atoms with van der Waals surface area (Å²) in [5, 5.41) is 11.4. The first-order valence-corrected chi connectivity index (χ1v) is 5.81. The Bertz CT molecular complexity index is 390. The molecule has 0 saturated carbocycles. The lowest BCUT2D eigenvalue weighted by Gasteiger charge is -2.16. The van der Waals surface area contributed by atoms with Crippen LogP contribution in [0.15, 0.2) is 24.3 Å². The van der Waals surface area contributed by atoms with E-state index in [1.807, 2.05) is 24.3 Å². The molecule has 4 nitrogen and oxygen atoms in total. The summed E-state index contributed by atoms with van der Waals surface area (Å²) >= 11 is 2.15. The number of hydrogen-bond donors (Lipinski definition) is 2. The third kappa shape index (κ3) is 4.18. The number of amides is 1. The summed E-state index contributed by atoms with van der Waals surface area (Å²) < 4.78 is 1.01. The molecule has 1 atom stereocenters. The van der Waals surface area contributed by atoms with Crippen LogP contribution in [0, 0.1) is 3.57 Å². The molecule has 0 heterocycles. The second-order valence-corrected chi connectivity index (χ2v) is 4.65. The average molecular weight is 333 g/mol. The Balaban J connectivity index is 2.90. The number of benzene rings is 1. The topological polar surface area (TPSA) is 66.4 Å². The Morgan fingerprint density at radius 1 is 1.50 bits per heavy atom. The van der Waals surface area contributed by atoms with Crippen molar-refractivity contribution in [2.75, 3.05) is 0 Å². The molecule has 0 fully saturated rings. The van der Waals surface area contributed by atoms with Crippen LogP contribution in [0.4, 0.5) is 0 Å². The Labute approximate surface area is 107 Å². The van der Waals surface area contributed by atoms with Gasteiger partial charge in [-0.25, -0.2) is 0 Å². The maximum Gasteiger partial charge on any atom is 0.305 e. The lowest BCUT2D eigenvalue weighted by molar-refractivity contribution is -0.137. The number of carboxylic acids is 1. The van der Waals surface area contributed by atoms with Crippen molar-refractivity contribution in [3.63, 3.8) is 0 Å². The smallest absolute Gasteiger partial charge is 0.305 e. The van der Waals surface area contributed by atoms with Gasteiger partial charge in [-0.2, -0.15) is 0 Å². The molecule has 0 saturated heterocycles. The van der Waals surface area contributed by atoms with Gasteiger partial charge in [-0.3, -0.25) is 9.59 Å². The van der Waals surface area contributed by atoms with Gasteiger partial charge in [-0.15, -0.1) is 0 Å². The van der Waals surface area contributed by atoms with Crippen molar-refractivity contribution in [3.05, 3.63) is 33.4 Å². The van der Waals surface area contributed by atoms with Gasteiger partial charge >= 0.3 is 5.97 Å². The summed E-state index contributed by atoms with van der Waals surface area (Å²) in [7, 11) is 0. The molecule has 0 radical (unpaired) electrons. The second kappa shape index (κ2) is 5.83. The molecule has 0 aliphatic heterocycles. The first kappa shape index (κ1) is 13.0. The number of aliphatic carboxylic acids is 1. The van der Waals surface area contributed by atoms with Crippen molar-refractivity contribution in [1.29, 1.82) is 0 Å². The number of carboxylic acid groups (broad SMARTS) is 1. The van der Waals surface area contributed by atoms with Crippen LogP contribution in [-0.2, 0) is 9.59 Å². The van der Waals surface area contributed by atoms with Crippen LogP contribution in [-0.4, -0.2) is 17.0 Å². The van der Waals surface area contributed by atoms with E-state index < -0.39 is 12.0 Å². The van der Waals surface area contributed by atoms with Crippen molar-refractivity contribution in [2.45, 2.75) is 19.4 Å². The summed E-state index contributed by atoms with van der Waals surface area (Å²) in [4.78, 5) is 21.7. The molecule has 1 amide bonds. The summed E-state index contributed by atoms with van der Waals surface area (Å²) in [5.74, 6) is -1.16. The van der Waals surface area contributed by atoms with Gasteiger partial charge in [0.1, 0.15) is 0 Å². The van der Waals surface area contributed by atoms with E-state index in [1.54, 1.807) is 0 Å². The molecule has 16 heavy (non-hydrogen) atoms. The minimum atomic E-state index is -0.933. The van der Waals surface area contributed by atoms with E-state index in [0.29, 0.717) is 0 Å². The zero-order valence-corrected chi connectivity index (χ0v) is 10.9. The highest BCUT2D eigenvalue weighted by atomic mass is 127. The number of rotatable bonds is 4. The van der Waals surface area contributed by atoms with E-state index in [4.69, 9.17) is 5.11 Å². The highest BCUT2D eigenvalue weighted by Gasteiger charge is 2.16. The molecule has 1 unspecified atom stereocenters. The second-order valence-electron chi connectivity index (χ2n) is 3.41. The highest BCUT2D eigenvalue weighted by Crippen LogP contribution is 2.19. The van der Waals surface area contributed by atoms with Crippen molar-refractivity contribution >= 4 is 34.5 Å². The fourth-order valence-corrected chi connectivity index (χ4v) is 1.96. The molecule has 0 spiro atoms. The van der Waals surface area contributed by atoms with Gasteiger partial charge in [0.15, 0.2) is 0 Å². The van der Waals surface area contributed by atoms with Gasteiger partial charge < -0.3 is 10.4 Å². The monoisotopic (exact) mass is 333 g/mol. The molecule has 1 aromatic rings. The van der Waals surface area contributed by atoms with Gasteiger partial charge in [0.25, 0.3) is 0 Å². The number of halogens is 1. The van der Waals surface area contributed by atoms with E-state index in [9.17, 15) is 9.59 Å². The molecule has 0 aliphatic rings. The zero-order valence-electron chi connectivity index (χ0n) is 8.74. The molecule has 5 heteroatoms. The third-order valence-corrected chi connectivity index (χ3v) is 2.68. The van der Waals surface area contributed by atoms with Gasteiger partial charge in [-0.1, -0.05) is 12.1 Å². The molecule has 0 aromatic heterocycles. The van der Waals surface area contributed by atoms with E-state index in [1.165, 1.54) is 6.92 Å². The van der Waals surface area contributed by atoms with Crippen LogP contribution in [0.5, 0.6) is 0 Å². The fraction of sp³-hybridized carbons (Fsp3) is 0.273. The minimum absolute atomic E-state index is 0.111. The lowest BCUT2D eigenvalue weighted by Crippen LogP contribution is -2.28. The Kier molecular flexibility index (Phi) is 4.72. The predicted molar refractivity (Wildman–Crippen MR) is 68.0 cm³/mol. The Morgan fingerprint density at radius 2 is 2.19 bits per heavy atom. The first-order valence-electron chi connectivity index (χ1n) is 4.73. The first-order chi connectivity index (χ1) is 7.49. The van der Waals surface area contributed by atoms with Crippen LogP contribution in [0.2, 0.25) is 0 Å². The van der Waals surface area contributed by atoms with Crippen LogP contribution in [0.25, 0.3) is 0 Å². The molecular formula is C11H12INO3. The van der Waals surface area contributed by atoms with Crippen LogP contribution in [0.1, 0.15) is 24.9 Å². The van der Waals surface area contributed by atoms with E-state index in [-0.39, 0.29) is 12.3 Å². The molecule has 1 rings (SSSR count). The zero-order chi connectivity index (χ0) is 12.1. The van der Waals surface area contributed by atoms with Gasteiger partial charge in [0.2, 0.25) is 5.91 Å². The van der Waals surface area contributed by atoms with Gasteiger partial charge in [0.05, 0.1) is 12.5 Å². The van der Waals surface area contributed by atoms with Gasteiger partial charge in [0, 0.05) is 10.5 Å². The summed E-state index contributed by atoms with van der Waals surface area (Å²) in [5.41, 5.74) is 0.810. The average Bonchev–Trinajstić information content (AvgIpc) is 2.15. The molecule has 86 valence electrons. The van der Waals surface area contributed by atoms with Crippen LogP contribution < -0.4 is 5.32 Å². The Hall–Kier alpha value is -1.11. The maximum absolute atomic E-state index is 11.0. The lowest BCUT2D eigenvalue weighted by atomic mass is 10.0. The number of carbonyl (C=O) groups excluding carboxylic acids is 1. The third-order valence-electron chi connectivity index (χ3n) is 2.01. The largest absolute Gasteiger partial charge is 0.481 e. The standard InChI is InChI=1S/C11H12INO3/c1-7(14)13-10(6-11(15)16)8-3-2-4-9(12)5-8/h2-5,10H,6H2,1H3,(H,13,14)(H,15,16). The fourth-order valence-electron chi connectivity index (χ4n) is 1.40. The van der Waals surface area contributed by atoms with E-state index in [2.05, 4.69) is 27.9 Å². The van der Waals surface area contributed by atoms with E-state index in [0.717, 1.165) is 9.13 Å². The normalized spacial score (nSPS) is 11.9. The summed E-state index contributed by atoms with van der Waals surface area (Å²) in [6.45, 7) is 1.38. The Morgan fingerprint density at radius 3 is 2.69 bits per heavy atom. The molecule has 0 bridgehead atoms. The molecular weight excluding hydrogens is 321 g/mol. The number of nitrogens with one attached hydrogen (secondary N) is 1. The maximum atomic E-state index is 11.0. The highest BCUT2D eigenvalue weighted by molar-refractivity contribution is 14.1. The van der Waals surface area contributed by atoms with Crippen molar-refractivity contribution in [1.82, 2.24) is 5.32 Å². The summed E-state index contributed by atoms with van der Waals surface area (Å²) in [6.07, 6.45) is -0.111. The molecule has 0 aliphatic carbocycles. The predicted octanol–water partition coefficient (Wildman–Crippen LogP) is 1.94.